The van der Waals surface area contributed by atoms with E-state index in [1.165, 1.54) is 16.9 Å². The zero-order valence-electron chi connectivity index (χ0n) is 10.4. The van der Waals surface area contributed by atoms with Gasteiger partial charge in [0, 0.05) is 18.8 Å². The van der Waals surface area contributed by atoms with E-state index >= 15 is 0 Å². The fraction of sp³-hybridized carbons (Fsp3) is 0.0769. The molecule has 0 aromatic carbocycles. The summed E-state index contributed by atoms with van der Waals surface area (Å²) in [6.07, 6.45) is 3.05. The molecular weight excluding hydrogens is 280 g/mol. The zero-order chi connectivity index (χ0) is 14.3. The molecule has 0 radical (unpaired) electrons. The van der Waals surface area contributed by atoms with E-state index < -0.39 is 5.97 Å². The van der Waals surface area contributed by atoms with Gasteiger partial charge in [-0.2, -0.15) is 5.10 Å². The van der Waals surface area contributed by atoms with Crippen LogP contribution in [0.4, 0.5) is 0 Å². The highest BCUT2D eigenvalue weighted by Crippen LogP contribution is 2.24. The summed E-state index contributed by atoms with van der Waals surface area (Å²) in [7, 11) is 1.71. The molecule has 0 spiro atoms. The normalized spacial score (nSPS) is 10.9. The molecule has 20 heavy (non-hydrogen) atoms. The molecule has 0 aliphatic carbocycles. The summed E-state index contributed by atoms with van der Waals surface area (Å²) in [6, 6.07) is 4.88. The number of fused-ring (bicyclic) bond motifs is 1. The summed E-state index contributed by atoms with van der Waals surface area (Å²) in [5.74, 6) is -1.02. The Morgan fingerprint density at radius 1 is 1.35 bits per heavy atom. The summed E-state index contributed by atoms with van der Waals surface area (Å²) < 4.78 is 1.54. The Bertz CT molecular complexity index is 811. The van der Waals surface area contributed by atoms with Gasteiger partial charge in [-0.3, -0.25) is 4.68 Å². The maximum atomic E-state index is 11.4. The number of nitrogens with zero attached hydrogens (tertiary/aromatic N) is 4. The number of pyridine rings is 2. The van der Waals surface area contributed by atoms with E-state index in [0.29, 0.717) is 27.4 Å². The van der Waals surface area contributed by atoms with Crippen molar-refractivity contribution in [2.24, 2.45) is 7.05 Å². The number of carboxylic acid groups (broad SMARTS) is 1. The van der Waals surface area contributed by atoms with Crippen molar-refractivity contribution in [3.8, 4) is 11.3 Å². The molecule has 6 nitrogen and oxygen atoms in total. The Morgan fingerprint density at radius 3 is 2.80 bits per heavy atom. The summed E-state index contributed by atoms with van der Waals surface area (Å²) in [5.41, 5.74) is 1.88. The Morgan fingerprint density at radius 2 is 2.15 bits per heavy atom. The number of carbonyl (C=O) groups is 1. The molecule has 3 heterocycles. The van der Waals surface area contributed by atoms with Crippen molar-refractivity contribution in [2.45, 2.75) is 0 Å². The van der Waals surface area contributed by atoms with Gasteiger partial charge in [0.2, 0.25) is 0 Å². The second-order valence-corrected chi connectivity index (χ2v) is 4.62. The van der Waals surface area contributed by atoms with E-state index in [1.54, 1.807) is 25.4 Å². The monoisotopic (exact) mass is 288 g/mol. The Kier molecular flexibility index (Phi) is 2.87. The average Bonchev–Trinajstić information content (AvgIpc) is 2.80. The van der Waals surface area contributed by atoms with Crippen LogP contribution in [0.5, 0.6) is 0 Å². The quantitative estimate of drug-likeness (QED) is 0.732. The molecular formula is C13H9ClN4O2. The predicted molar refractivity (Wildman–Crippen MR) is 73.7 cm³/mol. The van der Waals surface area contributed by atoms with Crippen molar-refractivity contribution < 1.29 is 9.90 Å². The van der Waals surface area contributed by atoms with Crippen LogP contribution in [0.3, 0.4) is 0 Å². The van der Waals surface area contributed by atoms with Crippen molar-refractivity contribution in [1.29, 1.82) is 0 Å². The van der Waals surface area contributed by atoms with Crippen molar-refractivity contribution in [3.63, 3.8) is 0 Å². The molecule has 3 rings (SSSR count). The second kappa shape index (κ2) is 4.57. The van der Waals surface area contributed by atoms with E-state index in [1.807, 2.05) is 0 Å². The number of hydrogen-bond donors (Lipinski definition) is 1. The van der Waals surface area contributed by atoms with Crippen molar-refractivity contribution in [3.05, 3.63) is 41.3 Å². The van der Waals surface area contributed by atoms with E-state index in [-0.39, 0.29) is 5.56 Å². The molecule has 0 bridgehead atoms. The Balaban J connectivity index is 2.28. The number of aromatic nitrogens is 4. The Hall–Kier alpha value is -2.47. The third kappa shape index (κ3) is 2.00. The first-order chi connectivity index (χ1) is 9.56. The lowest BCUT2D eigenvalue weighted by Gasteiger charge is -2.04. The van der Waals surface area contributed by atoms with Gasteiger partial charge in [0.25, 0.3) is 0 Å². The van der Waals surface area contributed by atoms with E-state index in [0.717, 1.165) is 0 Å². The fourth-order valence-corrected chi connectivity index (χ4v) is 2.08. The molecule has 0 aliphatic rings. The highest BCUT2D eigenvalue weighted by atomic mass is 35.5. The lowest BCUT2D eigenvalue weighted by Crippen LogP contribution is -2.01. The minimum Gasteiger partial charge on any atom is -0.478 e. The first-order valence-electron chi connectivity index (χ1n) is 5.74. The number of halogens is 1. The Labute approximate surface area is 118 Å². The standard InChI is InChI=1S/C13H9ClN4O2/c1-18-12-9(6-16-18)8(13(19)20)4-10(17-12)7-2-3-11(14)15-5-7/h2-6H,1H3,(H,19,20). The molecule has 0 unspecified atom stereocenters. The number of aromatic carboxylic acids is 1. The van der Waals surface area contributed by atoms with Crippen LogP contribution in [-0.2, 0) is 7.05 Å². The van der Waals surface area contributed by atoms with Crippen molar-refractivity contribution in [1.82, 2.24) is 19.7 Å². The number of rotatable bonds is 2. The number of carboxylic acids is 1. The molecule has 0 aliphatic heterocycles. The van der Waals surface area contributed by atoms with Gasteiger partial charge < -0.3 is 5.11 Å². The van der Waals surface area contributed by atoms with Crippen LogP contribution < -0.4 is 0 Å². The largest absolute Gasteiger partial charge is 0.478 e. The van der Waals surface area contributed by atoms with Gasteiger partial charge in [-0.05, 0) is 18.2 Å². The van der Waals surface area contributed by atoms with E-state index in [4.69, 9.17) is 11.6 Å². The van der Waals surface area contributed by atoms with Crippen LogP contribution in [0, 0.1) is 0 Å². The molecule has 1 N–H and O–H groups in total. The third-order valence-electron chi connectivity index (χ3n) is 2.96. The van der Waals surface area contributed by atoms with Crippen molar-refractivity contribution in [2.75, 3.05) is 0 Å². The van der Waals surface area contributed by atoms with Crippen LogP contribution >= 0.6 is 11.6 Å². The first kappa shape index (κ1) is 12.6. The molecule has 0 atom stereocenters. The van der Waals surface area contributed by atoms with Gasteiger partial charge in [-0.25, -0.2) is 14.8 Å². The van der Waals surface area contributed by atoms with E-state index in [9.17, 15) is 9.90 Å². The third-order valence-corrected chi connectivity index (χ3v) is 3.18. The second-order valence-electron chi connectivity index (χ2n) is 4.24. The van der Waals surface area contributed by atoms with E-state index in [2.05, 4.69) is 15.1 Å². The highest BCUT2D eigenvalue weighted by molar-refractivity contribution is 6.29. The zero-order valence-corrected chi connectivity index (χ0v) is 11.2. The number of hydrogen-bond acceptors (Lipinski definition) is 4. The topological polar surface area (TPSA) is 80.9 Å². The summed E-state index contributed by atoms with van der Waals surface area (Å²) in [5, 5.41) is 14.2. The summed E-state index contributed by atoms with van der Waals surface area (Å²) >= 11 is 5.74. The van der Waals surface area contributed by atoms with Gasteiger partial charge >= 0.3 is 5.97 Å². The van der Waals surface area contributed by atoms with Gasteiger partial charge in [0.1, 0.15) is 5.15 Å². The van der Waals surface area contributed by atoms with Crippen LogP contribution in [0.25, 0.3) is 22.3 Å². The first-order valence-corrected chi connectivity index (χ1v) is 6.12. The minimum absolute atomic E-state index is 0.160. The van der Waals surface area contributed by atoms with Crippen LogP contribution in [-0.4, -0.2) is 30.8 Å². The molecule has 0 fully saturated rings. The van der Waals surface area contributed by atoms with Crippen molar-refractivity contribution >= 4 is 28.6 Å². The summed E-state index contributed by atoms with van der Waals surface area (Å²) in [4.78, 5) is 19.8. The SMILES string of the molecule is Cn1ncc2c(C(=O)O)cc(-c3ccc(Cl)nc3)nc21. The molecule has 3 aromatic heterocycles. The summed E-state index contributed by atoms with van der Waals surface area (Å²) in [6.45, 7) is 0. The fourth-order valence-electron chi connectivity index (χ4n) is 1.97. The minimum atomic E-state index is -1.02. The van der Waals surface area contributed by atoms with Crippen LogP contribution in [0.1, 0.15) is 10.4 Å². The molecule has 0 saturated carbocycles. The van der Waals surface area contributed by atoms with Crippen LogP contribution in [0.2, 0.25) is 5.15 Å². The maximum absolute atomic E-state index is 11.4. The molecule has 0 saturated heterocycles. The predicted octanol–water partition coefficient (Wildman–Crippen LogP) is 2.38. The average molecular weight is 289 g/mol. The lowest BCUT2D eigenvalue weighted by atomic mass is 10.1. The molecule has 3 aromatic rings. The van der Waals surface area contributed by atoms with Gasteiger partial charge in [-0.1, -0.05) is 11.6 Å². The van der Waals surface area contributed by atoms with Crippen LogP contribution in [0.15, 0.2) is 30.6 Å². The maximum Gasteiger partial charge on any atom is 0.336 e. The van der Waals surface area contributed by atoms with Gasteiger partial charge in [-0.15, -0.1) is 0 Å². The molecule has 0 amide bonds. The smallest absolute Gasteiger partial charge is 0.336 e. The van der Waals surface area contributed by atoms with Gasteiger partial charge in [0.05, 0.1) is 22.8 Å². The highest BCUT2D eigenvalue weighted by Gasteiger charge is 2.15. The lowest BCUT2D eigenvalue weighted by molar-refractivity contribution is 0.0699. The van der Waals surface area contributed by atoms with Gasteiger partial charge in [0.15, 0.2) is 5.65 Å². The molecule has 7 heteroatoms. The molecule has 100 valence electrons. The number of aryl methyl sites for hydroxylation is 1.